The highest BCUT2D eigenvalue weighted by Crippen LogP contribution is 2.39. The zero-order valence-corrected chi connectivity index (χ0v) is 21.8. The monoisotopic (exact) mass is 530 g/mol. The second kappa shape index (κ2) is 14.9. The highest BCUT2D eigenvalue weighted by Gasteiger charge is 2.12. The Hall–Kier alpha value is -2.74. The number of ether oxygens (including phenoxy) is 2. The molecule has 10 nitrogen and oxygen atoms in total. The van der Waals surface area contributed by atoms with Crippen molar-refractivity contribution in [1.82, 2.24) is 5.32 Å². The summed E-state index contributed by atoms with van der Waals surface area (Å²) in [6, 6.07) is 14.3. The molecule has 1 unspecified atom stereocenters. The number of fused-ring (bicyclic) bond motifs is 1. The summed E-state index contributed by atoms with van der Waals surface area (Å²) in [5.41, 5.74) is 2.06. The van der Waals surface area contributed by atoms with Crippen LogP contribution in [-0.2, 0) is 23.4 Å². The Morgan fingerprint density at radius 3 is 2.49 bits per heavy atom. The van der Waals surface area contributed by atoms with Crippen LogP contribution in [0.2, 0.25) is 0 Å². The number of hydrogen-bond acceptors (Lipinski definition) is 9. The number of nitrogens with zero attached hydrogens (tertiary/aromatic N) is 2. The summed E-state index contributed by atoms with van der Waals surface area (Å²) in [5.74, 6) is 4.39. The summed E-state index contributed by atoms with van der Waals surface area (Å²) >= 11 is 0. The van der Waals surface area contributed by atoms with Crippen molar-refractivity contribution in [3.8, 4) is 6.07 Å². The van der Waals surface area contributed by atoms with Crippen LogP contribution in [0.15, 0.2) is 42.0 Å². The van der Waals surface area contributed by atoms with Gasteiger partial charge >= 0.3 is 0 Å². The van der Waals surface area contributed by atoms with E-state index in [0.717, 1.165) is 29.4 Å². The smallest absolute Gasteiger partial charge is 0.264 e. The first kappa shape index (κ1) is 28.8. The molecular formula is C26H35N4O6P. The van der Waals surface area contributed by atoms with Crippen LogP contribution < -0.4 is 16.1 Å². The SMILES string of the molecule is C=P(O)(ON)OCCOCCOCCNC(=O)/C(C#N)=C/c1ccc2cc(N3CCCCC3)ccc2c1. The van der Waals surface area contributed by atoms with Crippen LogP contribution in [0.25, 0.3) is 16.8 Å². The Bertz CT molecular complexity index is 1160. The van der Waals surface area contributed by atoms with Gasteiger partial charge in [0.25, 0.3) is 13.5 Å². The topological polar surface area (TPSA) is 139 Å². The van der Waals surface area contributed by atoms with Crippen molar-refractivity contribution < 1.29 is 28.3 Å². The van der Waals surface area contributed by atoms with Crippen LogP contribution in [0.1, 0.15) is 24.8 Å². The molecule has 200 valence electrons. The van der Waals surface area contributed by atoms with Crippen LogP contribution in [0, 0.1) is 11.3 Å². The quantitative estimate of drug-likeness (QED) is 0.111. The second-order valence-electron chi connectivity index (χ2n) is 8.57. The average Bonchev–Trinajstić information content (AvgIpc) is 2.92. The van der Waals surface area contributed by atoms with E-state index in [1.54, 1.807) is 6.08 Å². The third kappa shape index (κ3) is 9.58. The number of amides is 1. The fourth-order valence-electron chi connectivity index (χ4n) is 3.93. The van der Waals surface area contributed by atoms with Crippen molar-refractivity contribution in [1.29, 1.82) is 5.26 Å². The first-order valence-corrected chi connectivity index (χ1v) is 14.0. The summed E-state index contributed by atoms with van der Waals surface area (Å²) in [5, 5.41) is 14.4. The Morgan fingerprint density at radius 1 is 1.08 bits per heavy atom. The summed E-state index contributed by atoms with van der Waals surface area (Å²) < 4.78 is 19.8. The number of anilines is 1. The Labute approximate surface area is 217 Å². The molecule has 37 heavy (non-hydrogen) atoms. The number of piperidine rings is 1. The van der Waals surface area contributed by atoms with E-state index < -0.39 is 13.5 Å². The predicted molar refractivity (Wildman–Crippen MR) is 146 cm³/mol. The van der Waals surface area contributed by atoms with Gasteiger partial charge < -0.3 is 29.1 Å². The largest absolute Gasteiger partial charge is 0.377 e. The van der Waals surface area contributed by atoms with Gasteiger partial charge in [0.1, 0.15) is 11.6 Å². The highest BCUT2D eigenvalue weighted by atomic mass is 31.2. The average molecular weight is 531 g/mol. The van der Waals surface area contributed by atoms with Gasteiger partial charge in [-0.1, -0.05) is 18.2 Å². The lowest BCUT2D eigenvalue weighted by Crippen LogP contribution is -2.29. The Morgan fingerprint density at radius 2 is 1.76 bits per heavy atom. The standard InChI is InChI=1S/C26H35N4O6P/c1-37(32,36-28)35-16-15-34-14-13-33-12-9-29-26(31)24(20-27)18-21-5-6-23-19-25(8-7-22(23)17-21)30-10-3-2-4-11-30/h5-8,17-19,32H,1-4,9-16,28H2,(H,29,31)/b24-18+. The number of nitriles is 1. The molecule has 1 atom stereocenters. The number of carbonyl (C=O) groups is 1. The van der Waals surface area contributed by atoms with Crippen LogP contribution >= 0.6 is 7.57 Å². The van der Waals surface area contributed by atoms with Gasteiger partial charge in [0.15, 0.2) is 0 Å². The lowest BCUT2D eigenvalue weighted by molar-refractivity contribution is -0.117. The van der Waals surface area contributed by atoms with Crippen molar-refractivity contribution >= 4 is 42.3 Å². The molecule has 0 radical (unpaired) electrons. The third-order valence-electron chi connectivity index (χ3n) is 5.83. The van der Waals surface area contributed by atoms with Crippen LogP contribution in [0.5, 0.6) is 0 Å². The van der Waals surface area contributed by atoms with E-state index in [1.165, 1.54) is 24.9 Å². The summed E-state index contributed by atoms with van der Waals surface area (Å²) in [6.07, 6.45) is 8.65. The zero-order valence-electron chi connectivity index (χ0n) is 20.9. The highest BCUT2D eigenvalue weighted by molar-refractivity contribution is 7.58. The first-order valence-electron chi connectivity index (χ1n) is 12.3. The maximum Gasteiger partial charge on any atom is 0.264 e. The van der Waals surface area contributed by atoms with Crippen LogP contribution in [0.4, 0.5) is 5.69 Å². The van der Waals surface area contributed by atoms with Gasteiger partial charge in [0.05, 0.1) is 33.0 Å². The van der Waals surface area contributed by atoms with E-state index in [4.69, 9.17) is 19.9 Å². The normalized spacial score (nSPS) is 15.8. The predicted octanol–water partition coefficient (Wildman–Crippen LogP) is 2.98. The molecule has 0 aliphatic carbocycles. The third-order valence-corrected chi connectivity index (χ3v) is 6.75. The molecule has 2 aromatic carbocycles. The number of benzene rings is 2. The van der Waals surface area contributed by atoms with Crippen LogP contribution in [-0.4, -0.2) is 69.8 Å². The minimum atomic E-state index is -3.21. The molecule has 0 aromatic heterocycles. The van der Waals surface area contributed by atoms with Crippen molar-refractivity contribution in [3.63, 3.8) is 0 Å². The number of carbonyl (C=O) groups excluding carboxylic acids is 1. The van der Waals surface area contributed by atoms with E-state index in [1.807, 2.05) is 24.3 Å². The first-order chi connectivity index (χ1) is 17.9. The molecular weight excluding hydrogens is 495 g/mol. The van der Waals surface area contributed by atoms with Gasteiger partial charge in [0.2, 0.25) is 0 Å². The molecule has 1 saturated heterocycles. The summed E-state index contributed by atoms with van der Waals surface area (Å²) in [6.45, 7) is 3.63. The van der Waals surface area contributed by atoms with Gasteiger partial charge in [0, 0.05) is 25.3 Å². The van der Waals surface area contributed by atoms with E-state index in [9.17, 15) is 14.9 Å². The Kier molecular flexibility index (Phi) is 11.6. The van der Waals surface area contributed by atoms with Crippen molar-refractivity contribution in [2.24, 2.45) is 5.90 Å². The van der Waals surface area contributed by atoms with E-state index in [-0.39, 0.29) is 31.9 Å². The minimum absolute atomic E-state index is 0.0299. The van der Waals surface area contributed by atoms with Crippen molar-refractivity contribution in [2.75, 3.05) is 57.6 Å². The molecule has 1 heterocycles. The molecule has 11 heteroatoms. The Balaban J connectivity index is 1.40. The zero-order chi connectivity index (χ0) is 26.5. The lowest BCUT2D eigenvalue weighted by Gasteiger charge is -2.29. The molecule has 1 fully saturated rings. The number of hydrogen-bond donors (Lipinski definition) is 3. The number of rotatable bonds is 14. The molecule has 1 amide bonds. The minimum Gasteiger partial charge on any atom is -0.377 e. The maximum atomic E-state index is 12.4. The van der Waals surface area contributed by atoms with Gasteiger partial charge in [-0.3, -0.25) is 4.79 Å². The van der Waals surface area contributed by atoms with Gasteiger partial charge in [-0.25, -0.2) is 10.5 Å². The van der Waals surface area contributed by atoms with Crippen molar-refractivity contribution in [3.05, 3.63) is 47.5 Å². The van der Waals surface area contributed by atoms with E-state index in [0.29, 0.717) is 13.2 Å². The van der Waals surface area contributed by atoms with Gasteiger partial charge in [-0.2, -0.15) is 5.26 Å². The van der Waals surface area contributed by atoms with E-state index in [2.05, 4.69) is 39.3 Å². The second-order valence-corrected chi connectivity index (χ2v) is 10.3. The van der Waals surface area contributed by atoms with Gasteiger partial charge in [-0.05, 0) is 66.2 Å². The molecule has 1 aliphatic rings. The lowest BCUT2D eigenvalue weighted by atomic mass is 10.0. The molecule has 2 aromatic rings. The van der Waals surface area contributed by atoms with Crippen LogP contribution in [0.3, 0.4) is 0 Å². The summed E-state index contributed by atoms with van der Waals surface area (Å²) in [4.78, 5) is 24.2. The molecule has 0 spiro atoms. The molecule has 4 N–H and O–H groups in total. The van der Waals surface area contributed by atoms with Gasteiger partial charge in [-0.15, -0.1) is 0 Å². The fraction of sp³-hybridized carbons (Fsp3) is 0.423. The maximum absolute atomic E-state index is 12.4. The van der Waals surface area contributed by atoms with E-state index >= 15 is 0 Å². The molecule has 3 rings (SSSR count). The molecule has 0 bridgehead atoms. The molecule has 0 saturated carbocycles. The number of nitrogens with one attached hydrogen (secondary N) is 1. The fourth-order valence-corrected chi connectivity index (χ4v) is 4.35. The molecule has 1 aliphatic heterocycles. The van der Waals surface area contributed by atoms with Crippen molar-refractivity contribution in [2.45, 2.75) is 19.3 Å². The number of nitrogens with two attached hydrogens (primary N) is 1. The summed E-state index contributed by atoms with van der Waals surface area (Å²) in [7, 11) is -3.21.